The molecule has 3 fully saturated rings. The zero-order chi connectivity index (χ0) is 50.7. The third-order valence-corrected chi connectivity index (χ3v) is 16.0. The minimum absolute atomic E-state index is 0.106. The number of carbonyl (C=O) groups excluding carboxylic acids is 4. The molecule has 0 radical (unpaired) electrons. The molecule has 376 valence electrons. The highest BCUT2D eigenvalue weighted by Crippen LogP contribution is 2.53. The monoisotopic (exact) mass is 966 g/mol. The predicted octanol–water partition coefficient (Wildman–Crippen LogP) is 9.79. The third-order valence-electron chi connectivity index (χ3n) is 16.0. The summed E-state index contributed by atoms with van der Waals surface area (Å²) in [6.45, 7) is 17.2. The van der Waals surface area contributed by atoms with Crippen LogP contribution >= 0.6 is 0 Å². The van der Waals surface area contributed by atoms with Gasteiger partial charge in [-0.05, 0) is 123 Å². The van der Waals surface area contributed by atoms with Crippen molar-refractivity contribution in [3.05, 3.63) is 93.7 Å². The van der Waals surface area contributed by atoms with Crippen molar-refractivity contribution in [1.82, 2.24) is 30.4 Å². The van der Waals surface area contributed by atoms with Gasteiger partial charge >= 0.3 is 12.2 Å². The second kappa shape index (κ2) is 19.0. The summed E-state index contributed by atoms with van der Waals surface area (Å²) in [5.41, 5.74) is 10.6. The molecule has 3 N–H and O–H groups in total. The molecule has 4 aromatic rings. The molecule has 4 amide bonds. The molecule has 2 aliphatic carbocycles. The fourth-order valence-corrected chi connectivity index (χ4v) is 12.4. The lowest BCUT2D eigenvalue weighted by Gasteiger charge is -2.31. The van der Waals surface area contributed by atoms with E-state index in [0.717, 1.165) is 52.8 Å². The van der Waals surface area contributed by atoms with Gasteiger partial charge in [0.1, 0.15) is 17.9 Å². The number of fused-ring (bicyclic) bond motifs is 2. The van der Waals surface area contributed by atoms with Crippen LogP contribution in [-0.4, -0.2) is 94.9 Å². The molecule has 4 atom stereocenters. The Balaban J connectivity index is 0.966. The summed E-state index contributed by atoms with van der Waals surface area (Å²) in [6.07, 6.45) is 9.60. The molecule has 9 rings (SSSR count). The number of likely N-dealkylation sites (tertiary alicyclic amines) is 2. The van der Waals surface area contributed by atoms with Crippen molar-refractivity contribution in [2.24, 2.45) is 33.1 Å². The van der Waals surface area contributed by atoms with Gasteiger partial charge in [0.15, 0.2) is 0 Å². The van der Waals surface area contributed by atoms with Gasteiger partial charge in [-0.1, -0.05) is 111 Å². The maximum Gasteiger partial charge on any atom is 0.407 e. The Morgan fingerprint density at radius 3 is 1.76 bits per heavy atom. The number of carbonyl (C=O) groups is 4. The van der Waals surface area contributed by atoms with E-state index >= 15 is 0 Å². The largest absolute Gasteiger partial charge is 0.453 e. The van der Waals surface area contributed by atoms with Crippen molar-refractivity contribution in [2.45, 2.75) is 137 Å². The Bertz CT molecular complexity index is 2890. The number of H-pyrrole nitrogens is 1. The van der Waals surface area contributed by atoms with Crippen LogP contribution in [0.5, 0.6) is 0 Å². The molecule has 0 bridgehead atoms. The highest BCUT2D eigenvalue weighted by atomic mass is 16.5. The molecule has 71 heavy (non-hydrogen) atoms. The molecule has 1 spiro atoms. The van der Waals surface area contributed by atoms with Crippen LogP contribution in [0, 0.1) is 28.1 Å². The molecule has 5 aliphatic rings. The van der Waals surface area contributed by atoms with Gasteiger partial charge in [0, 0.05) is 31.4 Å². The number of benzene rings is 3. The van der Waals surface area contributed by atoms with E-state index in [4.69, 9.17) is 19.5 Å². The Kier molecular flexibility index (Phi) is 13.3. The van der Waals surface area contributed by atoms with E-state index in [1.807, 2.05) is 50.9 Å². The molecule has 1 saturated carbocycles. The average molecular weight is 966 g/mol. The minimum atomic E-state index is -0.797. The Labute approximate surface area is 417 Å². The van der Waals surface area contributed by atoms with E-state index in [1.54, 1.807) is 4.90 Å². The van der Waals surface area contributed by atoms with E-state index in [2.05, 4.69) is 85.8 Å². The second-order valence-electron chi connectivity index (χ2n) is 23.3. The Hall–Kier alpha value is -6.31. The number of rotatable bonds is 11. The number of nitrogens with zero attached hydrogens (tertiary/aromatic N) is 4. The maximum atomic E-state index is 14.1. The summed E-state index contributed by atoms with van der Waals surface area (Å²) < 4.78 is 9.69. The number of methoxy groups -OCH3 is 2. The average Bonchev–Trinajstić information content (AvgIpc) is 4.19. The van der Waals surface area contributed by atoms with Crippen molar-refractivity contribution in [2.75, 3.05) is 27.3 Å². The van der Waals surface area contributed by atoms with Crippen LogP contribution in [0.2, 0.25) is 0 Å². The smallest absolute Gasteiger partial charge is 0.407 e. The van der Waals surface area contributed by atoms with Crippen LogP contribution < -0.4 is 16.2 Å². The number of amides is 4. The zero-order valence-electron chi connectivity index (χ0n) is 43.2. The summed E-state index contributed by atoms with van der Waals surface area (Å²) in [5.74, 6) is -0.213. The number of allylic oxidation sites excluding steroid dienone is 1. The normalized spacial score (nSPS) is 21.6. The van der Waals surface area contributed by atoms with E-state index in [-0.39, 0.29) is 51.5 Å². The van der Waals surface area contributed by atoms with E-state index < -0.39 is 30.3 Å². The number of ether oxygens (including phenoxy) is 2. The van der Waals surface area contributed by atoms with Crippen molar-refractivity contribution < 1.29 is 28.7 Å². The van der Waals surface area contributed by atoms with Crippen LogP contribution in [0.3, 0.4) is 0 Å². The van der Waals surface area contributed by atoms with E-state index in [9.17, 15) is 24.0 Å². The molecular weight excluding hydrogens is 895 g/mol. The highest BCUT2D eigenvalue weighted by molar-refractivity contribution is 6.04. The van der Waals surface area contributed by atoms with Gasteiger partial charge in [-0.25, -0.2) is 14.6 Å². The van der Waals surface area contributed by atoms with Crippen LogP contribution in [0.15, 0.2) is 70.6 Å². The fourth-order valence-electron chi connectivity index (χ4n) is 12.4. The maximum absolute atomic E-state index is 14.1. The molecule has 2 saturated heterocycles. The first-order valence-electron chi connectivity index (χ1n) is 25.5. The molecular formula is C57H71N7O7. The molecule has 4 heterocycles. The predicted molar refractivity (Wildman–Crippen MR) is 277 cm³/mol. The van der Waals surface area contributed by atoms with Crippen molar-refractivity contribution in [3.63, 3.8) is 0 Å². The van der Waals surface area contributed by atoms with Crippen molar-refractivity contribution in [3.8, 4) is 22.3 Å². The van der Waals surface area contributed by atoms with E-state index in [1.165, 1.54) is 56.6 Å². The summed E-state index contributed by atoms with van der Waals surface area (Å²) >= 11 is 0. The van der Waals surface area contributed by atoms with Gasteiger partial charge in [-0.2, -0.15) is 0 Å². The van der Waals surface area contributed by atoms with Gasteiger partial charge < -0.3 is 34.9 Å². The first kappa shape index (κ1) is 49.7. The third kappa shape index (κ3) is 9.75. The second-order valence-corrected chi connectivity index (χ2v) is 23.3. The van der Waals surface area contributed by atoms with Gasteiger partial charge in [0.2, 0.25) is 11.8 Å². The SMILES string of the molecule is COC(=O)N[C@H](C(=O)N1CC(C)(C)C[C@H]1C1=NC=C(c2ccc(-c3ccc(-c4ccc5nc([C@@H]6CC(C)(C)CN6C(=O)[C@@H](NC(=O)OC)C(C)C)[nH]c(=O)c5c4)c4c3CC3(CCCC3)C4)cc2)C1)C(C)C. The molecule has 0 unspecified atom stereocenters. The lowest BCUT2D eigenvalue weighted by Crippen LogP contribution is -2.53. The summed E-state index contributed by atoms with van der Waals surface area (Å²) in [6, 6.07) is 17.2. The highest BCUT2D eigenvalue weighted by Gasteiger charge is 2.47. The van der Waals surface area contributed by atoms with E-state index in [0.29, 0.717) is 42.7 Å². The fraction of sp³-hybridized carbons (Fsp3) is 0.526. The van der Waals surface area contributed by atoms with Gasteiger partial charge in [0.05, 0.1) is 37.2 Å². The zero-order valence-corrected chi connectivity index (χ0v) is 43.2. The first-order valence-corrected chi connectivity index (χ1v) is 25.5. The van der Waals surface area contributed by atoms with Crippen LogP contribution in [0.1, 0.15) is 129 Å². The topological polar surface area (TPSA) is 175 Å². The van der Waals surface area contributed by atoms with Crippen LogP contribution in [0.25, 0.3) is 38.7 Å². The lowest BCUT2D eigenvalue weighted by atomic mass is 9.82. The quantitative estimate of drug-likeness (QED) is 0.133. The van der Waals surface area contributed by atoms with Crippen molar-refractivity contribution >= 4 is 46.2 Å². The van der Waals surface area contributed by atoms with Gasteiger partial charge in [-0.3, -0.25) is 19.4 Å². The molecule has 3 aromatic carbocycles. The number of aliphatic imine (C=N–C) groups is 1. The molecule has 14 heteroatoms. The van der Waals surface area contributed by atoms with Crippen molar-refractivity contribution in [1.29, 1.82) is 0 Å². The lowest BCUT2D eigenvalue weighted by molar-refractivity contribution is -0.136. The van der Waals surface area contributed by atoms with Crippen LogP contribution in [0.4, 0.5) is 9.59 Å². The minimum Gasteiger partial charge on any atom is -0.453 e. The number of hydrogen-bond donors (Lipinski definition) is 3. The molecule has 3 aliphatic heterocycles. The summed E-state index contributed by atoms with van der Waals surface area (Å²) in [7, 11) is 2.59. The van der Waals surface area contributed by atoms with Crippen LogP contribution in [-0.2, 0) is 31.9 Å². The summed E-state index contributed by atoms with van der Waals surface area (Å²) in [5, 5.41) is 5.98. The number of aromatic nitrogens is 2. The standard InChI is InChI=1S/C57H71N7O7/c1-32(2)47(60-53(68)70-9)51(66)63-30-55(5,6)27-45(63)44-24-37(29-58-44)34-13-15-35(16-14-34)38-18-19-39(42-26-57(25-41(38)42)21-11-12-22-57)36-17-20-43-40(23-36)50(65)62-49(59-43)46-28-56(7,8)31-64(46)52(67)48(33(3)4)61-54(69)71-10/h13-20,23,29,32-33,45-48H,11-12,21-22,24-28,30-31H2,1-10H3,(H,60,68)(H,61,69)(H,59,62,65)/t45-,46-,47-,48-/m0/s1. The first-order chi connectivity index (χ1) is 33.7. The number of alkyl carbamates (subject to hydrolysis) is 2. The molecule has 1 aromatic heterocycles. The van der Waals surface area contributed by atoms with Gasteiger partial charge in [0.25, 0.3) is 5.56 Å². The Morgan fingerprint density at radius 1 is 0.704 bits per heavy atom. The summed E-state index contributed by atoms with van der Waals surface area (Å²) in [4.78, 5) is 83.4. The molecule has 14 nitrogen and oxygen atoms in total. The number of aromatic amines is 1. The van der Waals surface area contributed by atoms with Gasteiger partial charge in [-0.15, -0.1) is 0 Å². The number of hydrogen-bond acceptors (Lipinski definition) is 9. The number of nitrogens with one attached hydrogen (secondary N) is 3. The Morgan fingerprint density at radius 2 is 1.21 bits per heavy atom.